The highest BCUT2D eigenvalue weighted by Gasteiger charge is 2.18. The molecule has 102 valence electrons. The van der Waals surface area contributed by atoms with Gasteiger partial charge in [-0.25, -0.2) is 8.78 Å². The average Bonchev–Trinajstić information content (AvgIpc) is 2.86. The van der Waals surface area contributed by atoms with Crippen LogP contribution in [-0.2, 0) is 6.42 Å². The summed E-state index contributed by atoms with van der Waals surface area (Å²) in [6.07, 6.45) is 0.319. The maximum atomic E-state index is 13.6. The van der Waals surface area contributed by atoms with Crippen molar-refractivity contribution in [3.05, 3.63) is 51.7 Å². The first-order valence-electron chi connectivity index (χ1n) is 5.67. The van der Waals surface area contributed by atoms with Gasteiger partial charge >= 0.3 is 0 Å². The van der Waals surface area contributed by atoms with Crippen LogP contribution in [0.25, 0.3) is 0 Å². The number of rotatable bonds is 5. The van der Waals surface area contributed by atoms with Gasteiger partial charge in [-0.05, 0) is 29.5 Å². The molecular formula is C13H14F2N2OS. The lowest BCUT2D eigenvalue weighted by molar-refractivity contribution is 0.402. The van der Waals surface area contributed by atoms with E-state index in [1.807, 2.05) is 11.4 Å². The Morgan fingerprint density at radius 3 is 2.79 bits per heavy atom. The SMILES string of the molecule is COc1ccsc1C(Cc1ccc(F)cc1F)NN. The molecule has 6 heteroatoms. The Hall–Kier alpha value is -1.50. The molecule has 0 aliphatic carbocycles. The molecule has 0 saturated carbocycles. The Kier molecular flexibility index (Phi) is 4.47. The van der Waals surface area contributed by atoms with Crippen molar-refractivity contribution in [1.82, 2.24) is 5.43 Å². The Bertz CT molecular complexity index is 559. The van der Waals surface area contributed by atoms with Crippen LogP contribution in [0.3, 0.4) is 0 Å². The Morgan fingerprint density at radius 2 is 2.16 bits per heavy atom. The third kappa shape index (κ3) is 3.09. The van der Waals surface area contributed by atoms with Crippen LogP contribution in [0.1, 0.15) is 16.5 Å². The first-order chi connectivity index (χ1) is 9.15. The van der Waals surface area contributed by atoms with Gasteiger partial charge in [0.25, 0.3) is 0 Å². The third-order valence-electron chi connectivity index (χ3n) is 2.83. The molecule has 0 aliphatic rings. The largest absolute Gasteiger partial charge is 0.496 e. The summed E-state index contributed by atoms with van der Waals surface area (Å²) in [5.41, 5.74) is 3.04. The summed E-state index contributed by atoms with van der Waals surface area (Å²) in [7, 11) is 1.57. The van der Waals surface area contributed by atoms with Crippen molar-refractivity contribution in [2.24, 2.45) is 5.84 Å². The van der Waals surface area contributed by atoms with Crippen molar-refractivity contribution in [1.29, 1.82) is 0 Å². The number of methoxy groups -OCH3 is 1. The molecule has 19 heavy (non-hydrogen) atoms. The summed E-state index contributed by atoms with van der Waals surface area (Å²) in [6, 6.07) is 5.07. The Labute approximate surface area is 114 Å². The predicted octanol–water partition coefficient (Wildman–Crippen LogP) is 2.78. The topological polar surface area (TPSA) is 47.3 Å². The van der Waals surface area contributed by atoms with Gasteiger partial charge in [-0.2, -0.15) is 0 Å². The average molecular weight is 284 g/mol. The standard InChI is InChI=1S/C13H14F2N2OS/c1-18-12-4-5-19-13(12)11(17-16)6-8-2-3-9(14)7-10(8)15/h2-5,7,11,17H,6,16H2,1H3. The maximum absolute atomic E-state index is 13.6. The molecule has 0 radical (unpaired) electrons. The number of hydrogen-bond donors (Lipinski definition) is 2. The second-order valence-corrected chi connectivity index (χ2v) is 4.96. The number of nitrogens with one attached hydrogen (secondary N) is 1. The number of benzene rings is 1. The number of thiophene rings is 1. The second-order valence-electron chi connectivity index (χ2n) is 4.01. The Morgan fingerprint density at radius 1 is 1.37 bits per heavy atom. The van der Waals surface area contributed by atoms with Gasteiger partial charge in [-0.15, -0.1) is 11.3 Å². The summed E-state index contributed by atoms with van der Waals surface area (Å²) in [5.74, 6) is 5.06. The van der Waals surface area contributed by atoms with Crippen LogP contribution in [0, 0.1) is 11.6 Å². The molecule has 0 bridgehead atoms. The van der Waals surface area contributed by atoms with E-state index in [1.165, 1.54) is 23.5 Å². The lowest BCUT2D eigenvalue weighted by atomic mass is 10.0. The summed E-state index contributed by atoms with van der Waals surface area (Å²) in [6.45, 7) is 0. The molecule has 0 saturated heterocycles. The molecule has 3 N–H and O–H groups in total. The fourth-order valence-electron chi connectivity index (χ4n) is 1.87. The highest BCUT2D eigenvalue weighted by atomic mass is 32.1. The fourth-order valence-corrected chi connectivity index (χ4v) is 2.79. The van der Waals surface area contributed by atoms with Crippen molar-refractivity contribution in [2.75, 3.05) is 7.11 Å². The molecule has 0 fully saturated rings. The van der Waals surface area contributed by atoms with Gasteiger partial charge in [0, 0.05) is 6.07 Å². The van der Waals surface area contributed by atoms with E-state index >= 15 is 0 Å². The van der Waals surface area contributed by atoms with Gasteiger partial charge in [0.1, 0.15) is 17.4 Å². The smallest absolute Gasteiger partial charge is 0.134 e. The maximum Gasteiger partial charge on any atom is 0.134 e. The van der Waals surface area contributed by atoms with E-state index in [2.05, 4.69) is 5.43 Å². The minimum absolute atomic E-state index is 0.282. The van der Waals surface area contributed by atoms with Gasteiger partial charge in [-0.3, -0.25) is 11.3 Å². The first kappa shape index (κ1) is 13.9. The molecule has 0 spiro atoms. The summed E-state index contributed by atoms with van der Waals surface area (Å²) >= 11 is 1.47. The third-order valence-corrected chi connectivity index (χ3v) is 3.85. The van der Waals surface area contributed by atoms with Gasteiger partial charge in [-0.1, -0.05) is 6.07 Å². The molecule has 0 amide bonds. The zero-order valence-corrected chi connectivity index (χ0v) is 11.1. The van der Waals surface area contributed by atoms with Crippen molar-refractivity contribution >= 4 is 11.3 Å². The lowest BCUT2D eigenvalue weighted by Gasteiger charge is -2.16. The van der Waals surface area contributed by atoms with Crippen LogP contribution in [0.2, 0.25) is 0 Å². The van der Waals surface area contributed by atoms with Crippen molar-refractivity contribution in [2.45, 2.75) is 12.5 Å². The zero-order chi connectivity index (χ0) is 13.8. The Balaban J connectivity index is 2.24. The highest BCUT2D eigenvalue weighted by molar-refractivity contribution is 7.10. The lowest BCUT2D eigenvalue weighted by Crippen LogP contribution is -2.29. The molecule has 1 aromatic heterocycles. The number of hydrogen-bond acceptors (Lipinski definition) is 4. The van der Waals surface area contributed by atoms with Crippen molar-refractivity contribution in [3.63, 3.8) is 0 Å². The van der Waals surface area contributed by atoms with Crippen LogP contribution < -0.4 is 16.0 Å². The summed E-state index contributed by atoms with van der Waals surface area (Å²) < 4.78 is 31.7. The molecule has 2 rings (SSSR count). The normalized spacial score (nSPS) is 12.4. The number of halogens is 2. The summed E-state index contributed by atoms with van der Waals surface area (Å²) in [5, 5.41) is 1.87. The van der Waals surface area contributed by atoms with Crippen LogP contribution in [0.15, 0.2) is 29.6 Å². The minimum atomic E-state index is -0.591. The molecule has 1 heterocycles. The van der Waals surface area contributed by atoms with E-state index < -0.39 is 11.6 Å². The second kappa shape index (κ2) is 6.10. The van der Waals surface area contributed by atoms with Crippen molar-refractivity contribution in [3.8, 4) is 5.75 Å². The molecule has 2 aromatic rings. The zero-order valence-electron chi connectivity index (χ0n) is 10.3. The molecule has 1 unspecified atom stereocenters. The van der Waals surface area contributed by atoms with E-state index in [9.17, 15) is 8.78 Å². The van der Waals surface area contributed by atoms with Gasteiger partial charge in [0.15, 0.2) is 0 Å². The molecule has 3 nitrogen and oxygen atoms in total. The molecule has 1 atom stereocenters. The van der Waals surface area contributed by atoms with E-state index in [1.54, 1.807) is 7.11 Å². The highest BCUT2D eigenvalue weighted by Crippen LogP contribution is 2.32. The predicted molar refractivity (Wildman–Crippen MR) is 71.0 cm³/mol. The fraction of sp³-hybridized carbons (Fsp3) is 0.231. The van der Waals surface area contributed by atoms with E-state index in [-0.39, 0.29) is 6.04 Å². The van der Waals surface area contributed by atoms with Gasteiger partial charge in [0.05, 0.1) is 18.0 Å². The van der Waals surface area contributed by atoms with E-state index in [4.69, 9.17) is 10.6 Å². The molecular weight excluding hydrogens is 270 g/mol. The number of hydrazine groups is 1. The van der Waals surface area contributed by atoms with Crippen molar-refractivity contribution < 1.29 is 13.5 Å². The van der Waals surface area contributed by atoms with Gasteiger partial charge < -0.3 is 4.74 Å². The van der Waals surface area contributed by atoms with Gasteiger partial charge in [0.2, 0.25) is 0 Å². The molecule has 0 aliphatic heterocycles. The van der Waals surface area contributed by atoms with Crippen LogP contribution in [0.5, 0.6) is 5.75 Å². The van der Waals surface area contributed by atoms with E-state index in [0.717, 1.165) is 10.9 Å². The van der Waals surface area contributed by atoms with Crippen LogP contribution in [0.4, 0.5) is 8.78 Å². The summed E-state index contributed by atoms with van der Waals surface area (Å²) in [4.78, 5) is 0.883. The quantitative estimate of drug-likeness (QED) is 0.655. The number of nitrogens with two attached hydrogens (primary N) is 1. The molecule has 1 aromatic carbocycles. The van der Waals surface area contributed by atoms with E-state index in [0.29, 0.717) is 17.7 Å². The van der Waals surface area contributed by atoms with Crippen LogP contribution >= 0.6 is 11.3 Å². The number of ether oxygens (including phenoxy) is 1. The minimum Gasteiger partial charge on any atom is -0.496 e. The van der Waals surface area contributed by atoms with Crippen LogP contribution in [-0.4, -0.2) is 7.11 Å². The first-order valence-corrected chi connectivity index (χ1v) is 6.55. The monoisotopic (exact) mass is 284 g/mol.